The van der Waals surface area contributed by atoms with Gasteiger partial charge in [0.05, 0.1) is 11.6 Å². The minimum atomic E-state index is -4.54. The summed E-state index contributed by atoms with van der Waals surface area (Å²) < 4.78 is 39.0. The SMILES string of the molecule is O=C1[C@H](Nc2cc(Cl)cc(C(F)(F)F)c2)CCCN1[C@H]1CNCC[C@@H]1C(O)O. The van der Waals surface area contributed by atoms with Gasteiger partial charge in [-0.15, -0.1) is 0 Å². The third-order valence-electron chi connectivity index (χ3n) is 5.32. The maximum Gasteiger partial charge on any atom is 0.416 e. The van der Waals surface area contributed by atoms with Gasteiger partial charge in [0.2, 0.25) is 5.91 Å². The van der Waals surface area contributed by atoms with Crippen LogP contribution in [0.3, 0.4) is 0 Å². The van der Waals surface area contributed by atoms with E-state index in [4.69, 9.17) is 11.6 Å². The minimum Gasteiger partial charge on any atom is -0.374 e. The number of hydrogen-bond donors (Lipinski definition) is 4. The molecule has 10 heteroatoms. The van der Waals surface area contributed by atoms with Gasteiger partial charge in [0, 0.05) is 29.7 Å². The Hall–Kier alpha value is -1.55. The van der Waals surface area contributed by atoms with Crippen LogP contribution in [-0.4, -0.2) is 59.0 Å². The zero-order valence-corrected chi connectivity index (χ0v) is 15.8. The lowest BCUT2D eigenvalue weighted by Crippen LogP contribution is -2.60. The van der Waals surface area contributed by atoms with Crippen molar-refractivity contribution >= 4 is 23.2 Å². The number of anilines is 1. The zero-order valence-electron chi connectivity index (χ0n) is 15.0. The van der Waals surface area contributed by atoms with E-state index >= 15 is 0 Å². The number of likely N-dealkylation sites (tertiary alicyclic amines) is 1. The molecule has 1 aromatic carbocycles. The van der Waals surface area contributed by atoms with E-state index in [0.29, 0.717) is 38.9 Å². The van der Waals surface area contributed by atoms with E-state index in [-0.39, 0.29) is 22.7 Å². The highest BCUT2D eigenvalue weighted by Crippen LogP contribution is 2.34. The first-order chi connectivity index (χ1) is 13.2. The normalized spacial score (nSPS) is 26.6. The summed E-state index contributed by atoms with van der Waals surface area (Å²) in [6.45, 7) is 1.54. The lowest BCUT2D eigenvalue weighted by Gasteiger charge is -2.44. The lowest BCUT2D eigenvalue weighted by atomic mass is 9.88. The fraction of sp³-hybridized carbons (Fsp3) is 0.611. The molecule has 2 fully saturated rings. The molecular formula is C18H23ClF3N3O3. The number of rotatable bonds is 4. The third kappa shape index (κ3) is 4.71. The monoisotopic (exact) mass is 421 g/mol. The van der Waals surface area contributed by atoms with Gasteiger partial charge in [-0.2, -0.15) is 13.2 Å². The maximum atomic E-state index is 13.0. The van der Waals surface area contributed by atoms with Gasteiger partial charge in [-0.3, -0.25) is 4.79 Å². The van der Waals surface area contributed by atoms with Crippen molar-refractivity contribution in [2.75, 3.05) is 25.0 Å². The molecular weight excluding hydrogens is 399 g/mol. The largest absolute Gasteiger partial charge is 0.416 e. The molecule has 0 radical (unpaired) electrons. The number of piperidine rings is 2. The summed E-state index contributed by atoms with van der Waals surface area (Å²) in [5.74, 6) is -0.730. The van der Waals surface area contributed by atoms with Crippen LogP contribution in [0.1, 0.15) is 24.8 Å². The number of alkyl halides is 3. The van der Waals surface area contributed by atoms with Crippen molar-refractivity contribution in [1.29, 1.82) is 0 Å². The van der Waals surface area contributed by atoms with E-state index in [9.17, 15) is 28.2 Å². The first-order valence-corrected chi connectivity index (χ1v) is 9.56. The molecule has 0 aliphatic carbocycles. The number of benzene rings is 1. The first-order valence-electron chi connectivity index (χ1n) is 9.18. The Morgan fingerprint density at radius 2 is 2.00 bits per heavy atom. The molecule has 2 aliphatic rings. The summed E-state index contributed by atoms with van der Waals surface area (Å²) in [7, 11) is 0. The number of nitrogens with one attached hydrogen (secondary N) is 2. The number of aliphatic hydroxyl groups excluding tert-OH is 1. The molecule has 0 bridgehead atoms. The Balaban J connectivity index is 1.77. The molecule has 0 saturated carbocycles. The number of halogens is 4. The van der Waals surface area contributed by atoms with Crippen LogP contribution in [0.4, 0.5) is 18.9 Å². The molecule has 1 aromatic rings. The second-order valence-electron chi connectivity index (χ2n) is 7.23. The van der Waals surface area contributed by atoms with Crippen LogP contribution in [0.15, 0.2) is 18.2 Å². The van der Waals surface area contributed by atoms with E-state index in [1.807, 2.05) is 0 Å². The number of amides is 1. The number of carbonyl (C=O) groups is 1. The Labute approximate surface area is 165 Å². The Kier molecular flexibility index (Phi) is 6.38. The van der Waals surface area contributed by atoms with Crippen LogP contribution in [0, 0.1) is 5.92 Å². The Morgan fingerprint density at radius 3 is 2.68 bits per heavy atom. The van der Waals surface area contributed by atoms with E-state index in [1.54, 1.807) is 4.90 Å². The predicted molar refractivity (Wildman–Crippen MR) is 97.8 cm³/mol. The van der Waals surface area contributed by atoms with Gasteiger partial charge in [-0.1, -0.05) is 11.6 Å². The average molecular weight is 422 g/mol. The Bertz CT molecular complexity index is 717. The molecule has 4 N–H and O–H groups in total. The van der Waals surface area contributed by atoms with Gasteiger partial charge in [-0.25, -0.2) is 0 Å². The second kappa shape index (κ2) is 8.44. The molecule has 0 aromatic heterocycles. The fourth-order valence-electron chi connectivity index (χ4n) is 3.95. The highest BCUT2D eigenvalue weighted by Gasteiger charge is 2.40. The summed E-state index contributed by atoms with van der Waals surface area (Å²) >= 11 is 5.82. The number of aliphatic hydroxyl groups is 2. The molecule has 2 saturated heterocycles. The van der Waals surface area contributed by atoms with Gasteiger partial charge < -0.3 is 25.7 Å². The molecule has 3 rings (SSSR count). The number of nitrogens with zero attached hydrogens (tertiary/aromatic N) is 1. The average Bonchev–Trinajstić information content (AvgIpc) is 2.62. The standard InChI is InChI=1S/C18H23ClF3N3O3/c19-11-6-10(18(20,21)22)7-12(8-11)24-14-2-1-5-25(16(14)26)15-9-23-4-3-13(15)17(27)28/h6-8,13-15,17,23-24,27-28H,1-5,9H2/t13-,14+,15-/m0/s1. The van der Waals surface area contributed by atoms with Crippen molar-refractivity contribution in [1.82, 2.24) is 10.2 Å². The van der Waals surface area contributed by atoms with Gasteiger partial charge in [0.15, 0.2) is 6.29 Å². The molecule has 28 heavy (non-hydrogen) atoms. The van der Waals surface area contributed by atoms with Crippen molar-refractivity contribution in [2.24, 2.45) is 5.92 Å². The summed E-state index contributed by atoms with van der Waals surface area (Å²) in [4.78, 5) is 14.6. The topological polar surface area (TPSA) is 84.8 Å². The zero-order chi connectivity index (χ0) is 20.5. The third-order valence-corrected chi connectivity index (χ3v) is 5.54. The number of hydrogen-bond acceptors (Lipinski definition) is 5. The summed E-state index contributed by atoms with van der Waals surface area (Å²) in [5, 5.41) is 25.3. The van der Waals surface area contributed by atoms with Crippen LogP contribution in [0.2, 0.25) is 5.02 Å². The van der Waals surface area contributed by atoms with E-state index in [0.717, 1.165) is 12.1 Å². The van der Waals surface area contributed by atoms with Crippen LogP contribution in [-0.2, 0) is 11.0 Å². The maximum absolute atomic E-state index is 13.0. The minimum absolute atomic E-state index is 0.0719. The molecule has 6 nitrogen and oxygen atoms in total. The van der Waals surface area contributed by atoms with Crippen molar-refractivity contribution in [3.05, 3.63) is 28.8 Å². The summed E-state index contributed by atoms with van der Waals surface area (Å²) in [5.41, 5.74) is -0.761. The molecule has 3 atom stereocenters. The van der Waals surface area contributed by atoms with Gasteiger partial charge in [0.25, 0.3) is 0 Å². The number of carbonyl (C=O) groups excluding carboxylic acids is 1. The molecule has 2 heterocycles. The van der Waals surface area contributed by atoms with E-state index in [2.05, 4.69) is 10.6 Å². The van der Waals surface area contributed by atoms with Gasteiger partial charge >= 0.3 is 6.18 Å². The van der Waals surface area contributed by atoms with Crippen LogP contribution in [0.25, 0.3) is 0 Å². The molecule has 1 amide bonds. The van der Waals surface area contributed by atoms with Crippen molar-refractivity contribution in [2.45, 2.75) is 43.8 Å². The second-order valence-corrected chi connectivity index (χ2v) is 7.67. The van der Waals surface area contributed by atoms with Crippen LogP contribution < -0.4 is 10.6 Å². The smallest absolute Gasteiger partial charge is 0.374 e. The summed E-state index contributed by atoms with van der Waals surface area (Å²) in [6.07, 6.45) is -4.43. The van der Waals surface area contributed by atoms with Gasteiger partial charge in [0.1, 0.15) is 6.04 Å². The van der Waals surface area contributed by atoms with Gasteiger partial charge in [-0.05, 0) is 44.0 Å². The highest BCUT2D eigenvalue weighted by molar-refractivity contribution is 6.31. The van der Waals surface area contributed by atoms with E-state index < -0.39 is 30.0 Å². The molecule has 0 spiro atoms. The molecule has 0 unspecified atom stereocenters. The van der Waals surface area contributed by atoms with Crippen molar-refractivity contribution in [3.8, 4) is 0 Å². The Morgan fingerprint density at radius 1 is 1.25 bits per heavy atom. The van der Waals surface area contributed by atoms with Crippen molar-refractivity contribution < 1.29 is 28.2 Å². The lowest BCUT2D eigenvalue weighted by molar-refractivity contribution is -0.148. The quantitative estimate of drug-likeness (QED) is 0.559. The molecule has 156 valence electrons. The fourth-order valence-corrected chi connectivity index (χ4v) is 4.19. The van der Waals surface area contributed by atoms with Crippen LogP contribution in [0.5, 0.6) is 0 Å². The van der Waals surface area contributed by atoms with Crippen LogP contribution >= 0.6 is 11.6 Å². The predicted octanol–water partition coefficient (Wildman–Crippen LogP) is 2.05. The summed E-state index contributed by atoms with van der Waals surface area (Å²) in [6, 6.07) is 2.04. The van der Waals surface area contributed by atoms with E-state index in [1.165, 1.54) is 6.07 Å². The first kappa shape index (κ1) is 21.2. The molecule has 2 aliphatic heterocycles. The highest BCUT2D eigenvalue weighted by atomic mass is 35.5. The van der Waals surface area contributed by atoms with Crippen molar-refractivity contribution in [3.63, 3.8) is 0 Å².